The van der Waals surface area contributed by atoms with Crippen LogP contribution in [0, 0.1) is 0 Å². The molecule has 16 heavy (non-hydrogen) atoms. The Balaban J connectivity index is -0.000000240. The van der Waals surface area contributed by atoms with E-state index in [0.29, 0.717) is 0 Å². The maximum absolute atomic E-state index is 10.2. The predicted molar refractivity (Wildman–Crippen MR) is 63.8 cm³/mol. The number of rotatable bonds is 8. The SMILES string of the molecule is CCCCCCCCOP(=O)(O)O.[NH2-].[Na+].[NaH]. The zero-order valence-corrected chi connectivity index (χ0v) is 12.6. The summed E-state index contributed by atoms with van der Waals surface area (Å²) < 4.78 is 14.5. The molecule has 0 heterocycles. The third-order valence-corrected chi connectivity index (χ3v) is 2.28. The normalized spacial score (nSPS) is 9.69. The van der Waals surface area contributed by atoms with Crippen molar-refractivity contribution in [3.8, 4) is 0 Å². The first-order chi connectivity index (χ1) is 6.06. The number of phosphoric acid groups is 1. The van der Waals surface area contributed by atoms with E-state index >= 15 is 0 Å². The Bertz CT molecular complexity index is 168. The number of phosphoric ester groups is 1. The molecule has 0 rings (SSSR count). The molecule has 0 radical (unpaired) electrons. The predicted octanol–water partition coefficient (Wildman–Crippen LogP) is -0.471. The molecule has 0 aromatic carbocycles. The Morgan fingerprint density at radius 2 is 1.50 bits per heavy atom. The van der Waals surface area contributed by atoms with E-state index in [1.807, 2.05) is 0 Å². The Labute approximate surface area is 143 Å². The van der Waals surface area contributed by atoms with Crippen molar-refractivity contribution in [1.29, 1.82) is 0 Å². The molecule has 0 saturated carbocycles. The zero-order chi connectivity index (χ0) is 10.2. The molecule has 0 aromatic rings. The van der Waals surface area contributed by atoms with E-state index in [9.17, 15) is 4.57 Å². The second-order valence-electron chi connectivity index (χ2n) is 3.09. The first-order valence-electron chi connectivity index (χ1n) is 4.76. The van der Waals surface area contributed by atoms with Crippen LogP contribution in [0.15, 0.2) is 0 Å². The van der Waals surface area contributed by atoms with Crippen molar-refractivity contribution in [2.24, 2.45) is 0 Å². The first-order valence-corrected chi connectivity index (χ1v) is 6.29. The van der Waals surface area contributed by atoms with Gasteiger partial charge in [-0.2, -0.15) is 0 Å². The van der Waals surface area contributed by atoms with Crippen molar-refractivity contribution >= 4 is 37.4 Å². The molecule has 0 spiro atoms. The zero-order valence-electron chi connectivity index (χ0n) is 9.69. The van der Waals surface area contributed by atoms with Gasteiger partial charge in [0.1, 0.15) is 0 Å². The molecule has 0 amide bonds. The molecule has 0 aliphatic heterocycles. The van der Waals surface area contributed by atoms with Gasteiger partial charge >= 0.3 is 66.9 Å². The van der Waals surface area contributed by atoms with Crippen LogP contribution in [0.25, 0.3) is 6.15 Å². The number of hydrogen-bond acceptors (Lipinski definition) is 2. The molecule has 5 nitrogen and oxygen atoms in total. The van der Waals surface area contributed by atoms with E-state index < -0.39 is 7.82 Å². The van der Waals surface area contributed by atoms with Crippen LogP contribution in [0.5, 0.6) is 0 Å². The van der Waals surface area contributed by atoms with Gasteiger partial charge in [0.05, 0.1) is 6.61 Å². The van der Waals surface area contributed by atoms with Crippen molar-refractivity contribution in [3.63, 3.8) is 0 Å². The summed E-state index contributed by atoms with van der Waals surface area (Å²) in [7, 11) is -4.23. The van der Waals surface area contributed by atoms with Gasteiger partial charge in [0.15, 0.2) is 0 Å². The molecule has 90 valence electrons. The van der Waals surface area contributed by atoms with Crippen molar-refractivity contribution < 1.29 is 48.4 Å². The summed E-state index contributed by atoms with van der Waals surface area (Å²) >= 11 is 0. The Morgan fingerprint density at radius 1 is 1.06 bits per heavy atom. The first kappa shape index (κ1) is 26.6. The molecule has 0 fully saturated rings. The summed E-state index contributed by atoms with van der Waals surface area (Å²) in [6, 6.07) is 0. The van der Waals surface area contributed by atoms with Gasteiger partial charge in [0.25, 0.3) is 0 Å². The molecule has 0 unspecified atom stereocenters. The van der Waals surface area contributed by atoms with Gasteiger partial charge in [-0.05, 0) is 6.42 Å². The van der Waals surface area contributed by atoms with Crippen LogP contribution in [0.4, 0.5) is 0 Å². The monoisotopic (exact) mass is 273 g/mol. The van der Waals surface area contributed by atoms with Gasteiger partial charge in [-0.3, -0.25) is 4.52 Å². The van der Waals surface area contributed by atoms with Crippen LogP contribution < -0.4 is 29.6 Å². The summed E-state index contributed by atoms with van der Waals surface area (Å²) in [5.74, 6) is 0. The van der Waals surface area contributed by atoms with Gasteiger partial charge in [-0.15, -0.1) is 0 Å². The molecule has 0 bridgehead atoms. The topological polar surface area (TPSA) is 100 Å². The van der Waals surface area contributed by atoms with Gasteiger partial charge < -0.3 is 15.9 Å². The van der Waals surface area contributed by atoms with E-state index in [0.717, 1.165) is 19.3 Å². The average molecular weight is 273 g/mol. The van der Waals surface area contributed by atoms with Crippen molar-refractivity contribution in [3.05, 3.63) is 6.15 Å². The van der Waals surface area contributed by atoms with Crippen LogP contribution in [0.3, 0.4) is 0 Å². The van der Waals surface area contributed by atoms with E-state index in [-0.39, 0.29) is 71.9 Å². The molecular weight excluding hydrogens is 251 g/mol. The maximum atomic E-state index is 10.2. The third-order valence-electron chi connectivity index (χ3n) is 1.76. The van der Waals surface area contributed by atoms with Gasteiger partial charge in [-0.25, -0.2) is 4.57 Å². The number of nitrogens with two attached hydrogens (primary N) is 1. The summed E-state index contributed by atoms with van der Waals surface area (Å²) in [6.45, 7) is 2.31. The van der Waals surface area contributed by atoms with E-state index in [4.69, 9.17) is 9.79 Å². The molecule has 0 aromatic heterocycles. The average Bonchev–Trinajstić information content (AvgIpc) is 2.01. The van der Waals surface area contributed by atoms with E-state index in [2.05, 4.69) is 11.4 Å². The Morgan fingerprint density at radius 3 is 1.94 bits per heavy atom. The minimum absolute atomic E-state index is 0. The molecular formula is C8H22NNa2O4P. The third kappa shape index (κ3) is 25.1. The van der Waals surface area contributed by atoms with E-state index in [1.54, 1.807) is 0 Å². The van der Waals surface area contributed by atoms with Crippen molar-refractivity contribution in [2.45, 2.75) is 45.4 Å². The molecule has 0 saturated heterocycles. The van der Waals surface area contributed by atoms with Crippen molar-refractivity contribution in [2.75, 3.05) is 6.61 Å². The molecule has 0 aliphatic carbocycles. The summed E-state index contributed by atoms with van der Waals surface area (Å²) in [6.07, 6.45) is 6.48. The van der Waals surface area contributed by atoms with Gasteiger partial charge in [-0.1, -0.05) is 39.0 Å². The molecule has 0 aliphatic rings. The molecule has 0 atom stereocenters. The number of hydrogen-bond donors (Lipinski definition) is 2. The fraction of sp³-hybridized carbons (Fsp3) is 1.00. The summed E-state index contributed by atoms with van der Waals surface area (Å²) in [5, 5.41) is 0. The van der Waals surface area contributed by atoms with Gasteiger partial charge in [0.2, 0.25) is 0 Å². The van der Waals surface area contributed by atoms with Crippen molar-refractivity contribution in [1.82, 2.24) is 0 Å². The standard InChI is InChI=1S/C8H19O4P.H2N.2Na.H/c1-2-3-4-5-6-7-8-12-13(9,10)11;;;;/h2-8H2,1H3,(H2,9,10,11);1H2;;;/q;-1;;+1;. The Kier molecular flexibility index (Phi) is 28.4. The second-order valence-corrected chi connectivity index (χ2v) is 4.33. The van der Waals surface area contributed by atoms with Gasteiger partial charge in [0, 0.05) is 0 Å². The fourth-order valence-electron chi connectivity index (χ4n) is 1.07. The van der Waals surface area contributed by atoms with Crippen LogP contribution >= 0.6 is 7.82 Å². The van der Waals surface area contributed by atoms with Crippen LogP contribution in [-0.4, -0.2) is 46.0 Å². The summed E-state index contributed by atoms with van der Waals surface area (Å²) in [5.41, 5.74) is 0. The minimum atomic E-state index is -4.23. The van der Waals surface area contributed by atoms with Crippen LogP contribution in [-0.2, 0) is 9.09 Å². The second kappa shape index (κ2) is 17.1. The fourth-order valence-corrected chi connectivity index (χ4v) is 1.43. The number of unbranched alkanes of at least 4 members (excludes halogenated alkanes) is 5. The van der Waals surface area contributed by atoms with E-state index in [1.165, 1.54) is 19.3 Å². The quantitative estimate of drug-likeness (QED) is 0.354. The summed E-state index contributed by atoms with van der Waals surface area (Å²) in [4.78, 5) is 16.7. The Hall–Kier alpha value is 2.07. The molecule has 4 N–H and O–H groups in total. The molecule has 8 heteroatoms. The van der Waals surface area contributed by atoms with Crippen LogP contribution in [0.2, 0.25) is 0 Å². The van der Waals surface area contributed by atoms with Crippen LogP contribution in [0.1, 0.15) is 45.4 Å².